The third-order valence-corrected chi connectivity index (χ3v) is 6.72. The molecule has 0 aliphatic carbocycles. The highest BCUT2D eigenvalue weighted by Gasteiger charge is 2.51. The van der Waals surface area contributed by atoms with Crippen molar-refractivity contribution in [2.75, 3.05) is 42.8 Å². The van der Waals surface area contributed by atoms with Crippen LogP contribution >= 0.6 is 12.2 Å². The summed E-state index contributed by atoms with van der Waals surface area (Å²) in [7, 11) is 0. The number of amides is 2. The lowest BCUT2D eigenvalue weighted by atomic mass is 10.0. The number of nitriles is 1. The van der Waals surface area contributed by atoms with Crippen LogP contribution < -0.4 is 15.1 Å². The molecule has 2 amide bonds. The number of hydrogen-bond acceptors (Lipinski definition) is 8. The number of alkyl halides is 3. The fourth-order valence-electron chi connectivity index (χ4n) is 4.37. The van der Waals surface area contributed by atoms with Gasteiger partial charge in [-0.15, -0.1) is 0 Å². The summed E-state index contributed by atoms with van der Waals surface area (Å²) < 4.78 is 71.4. The molecule has 1 aliphatic rings. The minimum absolute atomic E-state index is 0.0449. The van der Waals surface area contributed by atoms with E-state index in [1.807, 2.05) is 0 Å². The Kier molecular flexibility index (Phi) is 10.9. The normalized spacial score (nSPS) is 14.8. The van der Waals surface area contributed by atoms with Crippen LogP contribution in [-0.2, 0) is 30.0 Å². The maximum absolute atomic E-state index is 15.1. The first kappa shape index (κ1) is 35.4. The highest BCUT2D eigenvalue weighted by molar-refractivity contribution is 7.81. The summed E-state index contributed by atoms with van der Waals surface area (Å²) in [6.07, 6.45) is -4.86. The monoisotopic (exact) mass is 652 g/mol. The van der Waals surface area contributed by atoms with Crippen LogP contribution in [0.15, 0.2) is 36.4 Å². The van der Waals surface area contributed by atoms with E-state index in [1.54, 1.807) is 20.8 Å². The van der Waals surface area contributed by atoms with Crippen molar-refractivity contribution < 1.29 is 46.2 Å². The zero-order chi connectivity index (χ0) is 33.7. The van der Waals surface area contributed by atoms with Gasteiger partial charge in [0.1, 0.15) is 23.6 Å². The molecule has 1 saturated heterocycles. The second kappa shape index (κ2) is 13.9. The Morgan fingerprint density at radius 1 is 1.02 bits per heavy atom. The van der Waals surface area contributed by atoms with Crippen molar-refractivity contribution in [3.05, 3.63) is 58.9 Å². The van der Waals surface area contributed by atoms with Gasteiger partial charge < -0.3 is 24.4 Å². The quantitative estimate of drug-likeness (QED) is 0.159. The Morgan fingerprint density at radius 2 is 1.67 bits per heavy atom. The largest absolute Gasteiger partial charge is 0.458 e. The van der Waals surface area contributed by atoms with Crippen molar-refractivity contribution in [3.63, 3.8) is 0 Å². The first-order valence-corrected chi connectivity index (χ1v) is 14.0. The van der Waals surface area contributed by atoms with E-state index in [9.17, 15) is 27.6 Å². The molecule has 2 aromatic carbocycles. The van der Waals surface area contributed by atoms with Crippen LogP contribution in [0, 0.1) is 17.1 Å². The molecule has 1 heterocycles. The number of ether oxygens (including phenoxy) is 3. The van der Waals surface area contributed by atoms with Crippen molar-refractivity contribution >= 4 is 46.5 Å². The van der Waals surface area contributed by atoms with Gasteiger partial charge in [0, 0.05) is 12.2 Å². The second-order valence-electron chi connectivity index (χ2n) is 11.3. The topological polar surface area (TPSA) is 121 Å². The van der Waals surface area contributed by atoms with Gasteiger partial charge in [0.15, 0.2) is 5.11 Å². The zero-order valence-corrected chi connectivity index (χ0v) is 26.0. The molecule has 45 heavy (non-hydrogen) atoms. The number of esters is 1. The number of rotatable bonds is 11. The third kappa shape index (κ3) is 8.53. The first-order valence-electron chi connectivity index (χ1n) is 13.6. The molecule has 0 atom stereocenters. The van der Waals surface area contributed by atoms with Crippen molar-refractivity contribution in [2.24, 2.45) is 0 Å². The lowest BCUT2D eigenvalue weighted by Crippen LogP contribution is -2.44. The maximum atomic E-state index is 15.1. The summed E-state index contributed by atoms with van der Waals surface area (Å²) in [5, 5.41) is 11.4. The molecular weight excluding hydrogens is 620 g/mol. The molecule has 1 N–H and O–H groups in total. The number of halogens is 4. The van der Waals surface area contributed by atoms with Gasteiger partial charge in [0.05, 0.1) is 48.3 Å². The molecule has 15 heteroatoms. The Hall–Kier alpha value is -4.13. The summed E-state index contributed by atoms with van der Waals surface area (Å²) in [6.45, 7) is 8.31. The zero-order valence-electron chi connectivity index (χ0n) is 25.2. The van der Waals surface area contributed by atoms with Crippen LogP contribution in [0.5, 0.6) is 0 Å². The number of nitrogens with zero attached hydrogens (tertiary/aromatic N) is 3. The van der Waals surface area contributed by atoms with Crippen LogP contribution in [-0.4, -0.2) is 67.0 Å². The van der Waals surface area contributed by atoms with Crippen LogP contribution in [0.1, 0.15) is 56.1 Å². The number of hydrogen-bond donors (Lipinski definition) is 1. The Labute approximate surface area is 262 Å². The predicted molar refractivity (Wildman–Crippen MR) is 159 cm³/mol. The van der Waals surface area contributed by atoms with E-state index in [-0.39, 0.29) is 55.0 Å². The summed E-state index contributed by atoms with van der Waals surface area (Å²) in [5.74, 6) is -2.85. The van der Waals surface area contributed by atoms with E-state index < -0.39 is 52.0 Å². The molecule has 3 rings (SSSR count). The van der Waals surface area contributed by atoms with E-state index in [2.05, 4.69) is 5.32 Å². The Bertz CT molecular complexity index is 1520. The number of thiocarbonyl (C=S) groups is 1. The van der Waals surface area contributed by atoms with Crippen LogP contribution in [0.3, 0.4) is 0 Å². The molecule has 0 bridgehead atoms. The van der Waals surface area contributed by atoms with E-state index in [4.69, 9.17) is 31.7 Å². The van der Waals surface area contributed by atoms with E-state index in [1.165, 1.54) is 43.0 Å². The van der Waals surface area contributed by atoms with E-state index >= 15 is 4.39 Å². The molecule has 10 nitrogen and oxygen atoms in total. The lowest BCUT2D eigenvalue weighted by Gasteiger charge is -2.29. The first-order chi connectivity index (χ1) is 20.9. The highest BCUT2D eigenvalue weighted by Crippen LogP contribution is 2.40. The fraction of sp³-hybridized carbons (Fsp3) is 0.433. The minimum Gasteiger partial charge on any atom is -0.458 e. The summed E-state index contributed by atoms with van der Waals surface area (Å²) in [4.78, 5) is 39.7. The minimum atomic E-state index is -4.86. The van der Waals surface area contributed by atoms with Gasteiger partial charge in [0.2, 0.25) is 0 Å². The van der Waals surface area contributed by atoms with Gasteiger partial charge in [-0.2, -0.15) is 18.4 Å². The smallest absolute Gasteiger partial charge is 0.417 e. The number of benzene rings is 2. The average molecular weight is 653 g/mol. The third-order valence-electron chi connectivity index (χ3n) is 6.35. The molecule has 0 radical (unpaired) electrons. The molecule has 0 spiro atoms. The Balaban J connectivity index is 1.62. The van der Waals surface area contributed by atoms with Crippen LogP contribution in [0.25, 0.3) is 0 Å². The van der Waals surface area contributed by atoms with Gasteiger partial charge in [0.25, 0.3) is 11.8 Å². The standard InChI is InChI=1S/C30H32F4N4O6S/c1-28(2,3)44-24(39)17-43-13-12-42-11-10-36-25(40)21-9-8-20(15-23(21)31)38-27(45)37(26(41)29(38,4)5)19-7-6-18(16-35)22(14-19)30(32,33)34/h6-9,14-15H,10-13,17H2,1-5H3,(H,36,40). The Morgan fingerprint density at radius 3 is 2.27 bits per heavy atom. The summed E-state index contributed by atoms with van der Waals surface area (Å²) in [6, 6.07) is 7.82. The molecular formula is C30H32F4N4O6S. The molecule has 242 valence electrons. The molecule has 0 unspecified atom stereocenters. The van der Waals surface area contributed by atoms with Gasteiger partial charge >= 0.3 is 12.1 Å². The predicted octanol–water partition coefficient (Wildman–Crippen LogP) is 4.74. The van der Waals surface area contributed by atoms with Gasteiger partial charge in [-0.3, -0.25) is 14.5 Å². The van der Waals surface area contributed by atoms with E-state index in [0.717, 1.165) is 17.0 Å². The number of carbonyl (C=O) groups excluding carboxylic acids is 3. The van der Waals surface area contributed by atoms with Crippen LogP contribution in [0.4, 0.5) is 28.9 Å². The number of nitrogens with one attached hydrogen (secondary N) is 1. The average Bonchev–Trinajstić information content (AvgIpc) is 3.10. The molecule has 1 aliphatic heterocycles. The lowest BCUT2D eigenvalue weighted by molar-refractivity contribution is -0.160. The maximum Gasteiger partial charge on any atom is 0.417 e. The fourth-order valence-corrected chi connectivity index (χ4v) is 4.89. The SMILES string of the molecule is CC(C)(C)OC(=O)COCCOCCNC(=O)c1ccc(N2C(=S)N(c3ccc(C#N)c(C(F)(F)F)c3)C(=O)C2(C)C)cc1F. The number of carbonyl (C=O) groups is 3. The van der Waals surface area contributed by atoms with Gasteiger partial charge in [-0.25, -0.2) is 9.18 Å². The van der Waals surface area contributed by atoms with E-state index in [0.29, 0.717) is 6.07 Å². The summed E-state index contributed by atoms with van der Waals surface area (Å²) >= 11 is 5.46. The van der Waals surface area contributed by atoms with Crippen molar-refractivity contribution in [3.8, 4) is 6.07 Å². The van der Waals surface area contributed by atoms with Crippen molar-refractivity contribution in [1.82, 2.24) is 5.32 Å². The number of anilines is 2. The van der Waals surface area contributed by atoms with Crippen molar-refractivity contribution in [2.45, 2.75) is 51.9 Å². The highest BCUT2D eigenvalue weighted by atomic mass is 32.1. The van der Waals surface area contributed by atoms with Crippen molar-refractivity contribution in [1.29, 1.82) is 5.26 Å². The molecule has 0 saturated carbocycles. The molecule has 1 fully saturated rings. The second-order valence-corrected chi connectivity index (χ2v) is 11.7. The molecule has 0 aromatic heterocycles. The van der Waals surface area contributed by atoms with Gasteiger partial charge in [-0.05, 0) is 83.2 Å². The summed E-state index contributed by atoms with van der Waals surface area (Å²) in [5.41, 5.74) is -4.32. The van der Waals surface area contributed by atoms with Gasteiger partial charge in [-0.1, -0.05) is 0 Å². The molecule has 2 aromatic rings. The van der Waals surface area contributed by atoms with Crippen LogP contribution in [0.2, 0.25) is 0 Å².